The van der Waals surface area contributed by atoms with Crippen LogP contribution in [0.5, 0.6) is 0 Å². The summed E-state index contributed by atoms with van der Waals surface area (Å²) in [5, 5.41) is 6.79. The van der Waals surface area contributed by atoms with Gasteiger partial charge in [-0.15, -0.1) is 0 Å². The standard InChI is InChI=1S/C32H33N5O3/c1-22-20-29(27-10-6-7-11-28(27)34-22)35-32(40)33-17-19-37-18-16-26(21-37)36(2)31(39)25-14-12-24(13-15-25)30(38)23-8-4-3-5-9-23/h3-15,20,26H,16-19,21H2,1-2H3,(H2,33,34,35,40). The van der Waals surface area contributed by atoms with Gasteiger partial charge >= 0.3 is 6.03 Å². The van der Waals surface area contributed by atoms with Crippen molar-refractivity contribution in [3.05, 3.63) is 107 Å². The van der Waals surface area contributed by atoms with Gasteiger partial charge in [0.2, 0.25) is 0 Å². The third-order valence-electron chi connectivity index (χ3n) is 7.35. The van der Waals surface area contributed by atoms with Crippen LogP contribution in [-0.4, -0.2) is 71.8 Å². The Morgan fingerprint density at radius 2 is 1.60 bits per heavy atom. The topological polar surface area (TPSA) is 94.6 Å². The van der Waals surface area contributed by atoms with Gasteiger partial charge in [0.15, 0.2) is 5.78 Å². The van der Waals surface area contributed by atoms with E-state index in [0.717, 1.165) is 41.8 Å². The van der Waals surface area contributed by atoms with Gasteiger partial charge in [-0.25, -0.2) is 4.79 Å². The van der Waals surface area contributed by atoms with Gasteiger partial charge in [0.1, 0.15) is 0 Å². The summed E-state index contributed by atoms with van der Waals surface area (Å²) < 4.78 is 0. The van der Waals surface area contributed by atoms with Gasteiger partial charge in [-0.1, -0.05) is 60.7 Å². The van der Waals surface area contributed by atoms with Crippen molar-refractivity contribution in [2.24, 2.45) is 0 Å². The van der Waals surface area contributed by atoms with Gasteiger partial charge in [0, 0.05) is 67.0 Å². The Balaban J connectivity index is 1.09. The van der Waals surface area contributed by atoms with Gasteiger partial charge in [-0.2, -0.15) is 0 Å². The number of hydrogen-bond donors (Lipinski definition) is 2. The number of nitrogens with zero attached hydrogens (tertiary/aromatic N) is 3. The molecule has 3 amide bonds. The highest BCUT2D eigenvalue weighted by molar-refractivity contribution is 6.09. The van der Waals surface area contributed by atoms with Crippen LogP contribution in [0.15, 0.2) is 84.9 Å². The molecule has 3 aromatic carbocycles. The van der Waals surface area contributed by atoms with Crippen molar-refractivity contribution in [3.63, 3.8) is 0 Å². The monoisotopic (exact) mass is 535 g/mol. The van der Waals surface area contributed by atoms with Gasteiger partial charge < -0.3 is 15.5 Å². The van der Waals surface area contributed by atoms with Crippen molar-refractivity contribution < 1.29 is 14.4 Å². The van der Waals surface area contributed by atoms with Gasteiger partial charge in [-0.05, 0) is 37.6 Å². The number of carbonyl (C=O) groups excluding carboxylic acids is 3. The fourth-order valence-corrected chi connectivity index (χ4v) is 5.13. The molecule has 0 saturated carbocycles. The minimum Gasteiger partial charge on any atom is -0.337 e. The van der Waals surface area contributed by atoms with Crippen LogP contribution in [-0.2, 0) is 0 Å². The third kappa shape index (κ3) is 6.18. The van der Waals surface area contributed by atoms with Crippen LogP contribution in [0.3, 0.4) is 0 Å². The highest BCUT2D eigenvalue weighted by atomic mass is 16.2. The van der Waals surface area contributed by atoms with Crippen LogP contribution in [0.1, 0.15) is 38.4 Å². The van der Waals surface area contributed by atoms with E-state index >= 15 is 0 Å². The summed E-state index contributed by atoms with van der Waals surface area (Å²) >= 11 is 0. The predicted molar refractivity (Wildman–Crippen MR) is 157 cm³/mol. The largest absolute Gasteiger partial charge is 0.337 e. The molecule has 8 heteroatoms. The van der Waals surface area contributed by atoms with E-state index in [9.17, 15) is 14.4 Å². The molecule has 5 rings (SSSR count). The lowest BCUT2D eigenvalue weighted by molar-refractivity contribution is 0.0735. The number of fused-ring (bicyclic) bond motifs is 1. The summed E-state index contributed by atoms with van der Waals surface area (Å²) in [5.74, 6) is -0.131. The van der Waals surface area contributed by atoms with Crippen LogP contribution in [0.25, 0.3) is 10.9 Å². The van der Waals surface area contributed by atoms with Crippen LogP contribution in [0.2, 0.25) is 0 Å². The summed E-state index contributed by atoms with van der Waals surface area (Å²) in [6, 6.07) is 25.4. The number of benzene rings is 3. The molecule has 8 nitrogen and oxygen atoms in total. The maximum atomic E-state index is 13.1. The van der Waals surface area contributed by atoms with Crippen LogP contribution in [0, 0.1) is 6.92 Å². The van der Waals surface area contributed by atoms with Crippen molar-refractivity contribution >= 4 is 34.3 Å². The fraction of sp³-hybridized carbons (Fsp3) is 0.250. The fourth-order valence-electron chi connectivity index (χ4n) is 5.13. The number of likely N-dealkylation sites (N-methyl/N-ethyl adjacent to an activating group) is 1. The highest BCUT2D eigenvalue weighted by Gasteiger charge is 2.28. The lowest BCUT2D eigenvalue weighted by Crippen LogP contribution is -2.40. The number of aryl methyl sites for hydroxylation is 1. The summed E-state index contributed by atoms with van der Waals surface area (Å²) in [6.07, 6.45) is 0.862. The van der Waals surface area contributed by atoms with Gasteiger partial charge in [-0.3, -0.25) is 19.5 Å². The number of urea groups is 1. The molecule has 1 aromatic heterocycles. The van der Waals surface area contributed by atoms with E-state index in [4.69, 9.17) is 0 Å². The maximum Gasteiger partial charge on any atom is 0.319 e. The zero-order valence-electron chi connectivity index (χ0n) is 22.8. The molecule has 1 atom stereocenters. The number of pyridine rings is 1. The molecule has 1 unspecified atom stereocenters. The lowest BCUT2D eigenvalue weighted by Gasteiger charge is -2.25. The van der Waals surface area contributed by atoms with E-state index in [-0.39, 0.29) is 23.8 Å². The van der Waals surface area contributed by atoms with E-state index in [1.165, 1.54) is 0 Å². The molecule has 2 heterocycles. The van der Waals surface area contributed by atoms with Crippen LogP contribution in [0.4, 0.5) is 10.5 Å². The molecule has 1 aliphatic heterocycles. The van der Waals surface area contributed by atoms with E-state index < -0.39 is 0 Å². The SMILES string of the molecule is Cc1cc(NC(=O)NCCN2CCC(N(C)C(=O)c3ccc(C(=O)c4ccccc4)cc3)C2)c2ccccc2n1. The number of likely N-dealkylation sites (tertiary alicyclic amines) is 1. The Morgan fingerprint density at radius 3 is 2.38 bits per heavy atom. The average molecular weight is 536 g/mol. The maximum absolute atomic E-state index is 13.1. The Bertz CT molecular complexity index is 1520. The number of rotatable bonds is 8. The number of aromatic nitrogens is 1. The first kappa shape index (κ1) is 27.0. The zero-order valence-corrected chi connectivity index (χ0v) is 22.8. The van der Waals surface area contributed by atoms with Crippen LogP contribution >= 0.6 is 0 Å². The second kappa shape index (κ2) is 12.1. The summed E-state index contributed by atoms with van der Waals surface area (Å²) in [6.45, 7) is 4.69. The van der Waals surface area contributed by atoms with E-state index in [1.54, 1.807) is 41.3 Å². The smallest absolute Gasteiger partial charge is 0.319 e. The molecular weight excluding hydrogens is 502 g/mol. The molecule has 1 aliphatic rings. The highest BCUT2D eigenvalue weighted by Crippen LogP contribution is 2.23. The summed E-state index contributed by atoms with van der Waals surface area (Å²) in [5.41, 5.74) is 4.16. The first-order valence-corrected chi connectivity index (χ1v) is 13.5. The zero-order chi connectivity index (χ0) is 28.1. The average Bonchev–Trinajstić information content (AvgIpc) is 3.45. The molecule has 40 heavy (non-hydrogen) atoms. The molecular formula is C32H33N5O3. The Hall–Kier alpha value is -4.56. The molecule has 4 aromatic rings. The number of carbonyl (C=O) groups is 3. The Morgan fingerprint density at radius 1 is 0.925 bits per heavy atom. The third-order valence-corrected chi connectivity index (χ3v) is 7.35. The van der Waals surface area contributed by atoms with E-state index in [1.807, 2.05) is 62.5 Å². The summed E-state index contributed by atoms with van der Waals surface area (Å²) in [4.78, 5) is 46.9. The number of amides is 3. The molecule has 204 valence electrons. The first-order chi connectivity index (χ1) is 19.4. The quantitative estimate of drug-likeness (QED) is 0.318. The van der Waals surface area contributed by atoms with Gasteiger partial charge in [0.05, 0.1) is 11.2 Å². The molecule has 0 spiro atoms. The van der Waals surface area contributed by atoms with E-state index in [0.29, 0.717) is 29.8 Å². The van der Waals surface area contributed by atoms with Crippen molar-refractivity contribution in [2.45, 2.75) is 19.4 Å². The van der Waals surface area contributed by atoms with Crippen LogP contribution < -0.4 is 10.6 Å². The van der Waals surface area contributed by atoms with Crippen molar-refractivity contribution in [1.29, 1.82) is 0 Å². The van der Waals surface area contributed by atoms with Gasteiger partial charge in [0.25, 0.3) is 5.91 Å². The van der Waals surface area contributed by atoms with Crippen molar-refractivity contribution in [1.82, 2.24) is 20.1 Å². The number of ketones is 1. The minimum absolute atomic E-state index is 0.0640. The first-order valence-electron chi connectivity index (χ1n) is 13.5. The second-order valence-electron chi connectivity index (χ2n) is 10.1. The molecule has 0 radical (unpaired) electrons. The Labute approximate surface area is 234 Å². The molecule has 1 fully saturated rings. The van der Waals surface area contributed by atoms with Crippen molar-refractivity contribution in [3.8, 4) is 0 Å². The van der Waals surface area contributed by atoms with E-state index in [2.05, 4.69) is 20.5 Å². The number of hydrogen-bond acceptors (Lipinski definition) is 5. The number of para-hydroxylation sites is 1. The summed E-state index contributed by atoms with van der Waals surface area (Å²) in [7, 11) is 1.83. The molecule has 0 aliphatic carbocycles. The molecule has 0 bridgehead atoms. The molecule has 2 N–H and O–H groups in total. The molecule has 1 saturated heterocycles. The minimum atomic E-state index is -0.256. The second-order valence-corrected chi connectivity index (χ2v) is 10.1. The number of anilines is 1. The number of nitrogens with one attached hydrogen (secondary N) is 2. The normalized spacial score (nSPS) is 15.1. The predicted octanol–water partition coefficient (Wildman–Crippen LogP) is 4.74. The Kier molecular flexibility index (Phi) is 8.17. The van der Waals surface area contributed by atoms with Crippen molar-refractivity contribution in [2.75, 3.05) is 38.5 Å². The lowest BCUT2D eigenvalue weighted by atomic mass is 10.0.